The molecule has 0 aliphatic carbocycles. The molecule has 0 saturated heterocycles. The predicted octanol–water partition coefficient (Wildman–Crippen LogP) is 3.05. The summed E-state index contributed by atoms with van der Waals surface area (Å²) in [4.78, 5) is 28.1. The van der Waals surface area contributed by atoms with E-state index in [-0.39, 0.29) is 12.2 Å². The predicted molar refractivity (Wildman–Crippen MR) is 94.7 cm³/mol. The maximum atomic E-state index is 13.9. The number of hydrogen-bond acceptors (Lipinski definition) is 5. The van der Waals surface area contributed by atoms with Gasteiger partial charge in [0.05, 0.1) is 13.5 Å². The van der Waals surface area contributed by atoms with Crippen molar-refractivity contribution in [3.05, 3.63) is 58.7 Å². The zero-order chi connectivity index (χ0) is 20.1. The van der Waals surface area contributed by atoms with Crippen molar-refractivity contribution in [1.29, 1.82) is 0 Å². The van der Waals surface area contributed by atoms with E-state index in [0.717, 1.165) is 7.11 Å². The first-order valence-corrected chi connectivity index (χ1v) is 8.37. The van der Waals surface area contributed by atoms with Gasteiger partial charge in [0, 0.05) is 10.7 Å². The van der Waals surface area contributed by atoms with Crippen molar-refractivity contribution in [3.63, 3.8) is 0 Å². The Balaban J connectivity index is 2.36. The standard InChI is InChI=1S/C17H15BrF3N3O3/c1-27-15(26)16(17(19,20)21,23-13-8-7-12(18)10-22-13)24-14(25)9-11-5-3-2-4-6-11/h2-8,10H,9H2,1H3,(H,22,23)(H,24,25)/t16-/m1/s1. The number of pyridine rings is 1. The normalized spacial score (nSPS) is 13.4. The van der Waals surface area contributed by atoms with Crippen LogP contribution >= 0.6 is 15.9 Å². The number of hydrogen-bond donors (Lipinski definition) is 2. The number of benzene rings is 1. The number of anilines is 1. The fourth-order valence-electron chi connectivity index (χ4n) is 2.22. The second kappa shape index (κ2) is 8.38. The van der Waals surface area contributed by atoms with Crippen molar-refractivity contribution in [2.24, 2.45) is 0 Å². The fourth-order valence-corrected chi connectivity index (χ4v) is 2.45. The average Bonchev–Trinajstić information content (AvgIpc) is 2.62. The van der Waals surface area contributed by atoms with Crippen LogP contribution in [0, 0.1) is 0 Å². The number of carbonyl (C=O) groups excluding carboxylic acids is 2. The maximum Gasteiger partial charge on any atom is 0.441 e. The smallest absolute Gasteiger partial charge is 0.441 e. The van der Waals surface area contributed by atoms with Crippen LogP contribution in [-0.2, 0) is 20.7 Å². The Bertz CT molecular complexity index is 801. The van der Waals surface area contributed by atoms with Gasteiger partial charge in [0.1, 0.15) is 5.82 Å². The van der Waals surface area contributed by atoms with Gasteiger partial charge < -0.3 is 15.4 Å². The van der Waals surface area contributed by atoms with Gasteiger partial charge in [-0.15, -0.1) is 0 Å². The average molecular weight is 446 g/mol. The molecule has 1 atom stereocenters. The molecule has 2 N–H and O–H groups in total. The Kier molecular flexibility index (Phi) is 6.42. The van der Waals surface area contributed by atoms with Gasteiger partial charge >= 0.3 is 17.8 Å². The number of nitrogens with one attached hydrogen (secondary N) is 2. The van der Waals surface area contributed by atoms with E-state index in [2.05, 4.69) is 25.7 Å². The Morgan fingerprint density at radius 2 is 1.81 bits per heavy atom. The van der Waals surface area contributed by atoms with E-state index in [4.69, 9.17) is 0 Å². The summed E-state index contributed by atoms with van der Waals surface area (Å²) in [7, 11) is 0.795. The van der Waals surface area contributed by atoms with Gasteiger partial charge in [0.15, 0.2) is 0 Å². The number of rotatable bonds is 6. The van der Waals surface area contributed by atoms with Crippen LogP contribution in [0.3, 0.4) is 0 Å². The number of nitrogens with zero attached hydrogens (tertiary/aromatic N) is 1. The molecular formula is C17H15BrF3N3O3. The number of methoxy groups -OCH3 is 1. The Morgan fingerprint density at radius 1 is 1.15 bits per heavy atom. The van der Waals surface area contributed by atoms with Crippen molar-refractivity contribution in [2.45, 2.75) is 18.3 Å². The Morgan fingerprint density at radius 3 is 2.33 bits per heavy atom. The van der Waals surface area contributed by atoms with Crippen LogP contribution in [-0.4, -0.2) is 35.8 Å². The molecule has 2 rings (SSSR count). The van der Waals surface area contributed by atoms with E-state index in [1.807, 2.05) is 5.32 Å². The van der Waals surface area contributed by atoms with E-state index in [0.29, 0.717) is 10.0 Å². The molecule has 10 heteroatoms. The lowest BCUT2D eigenvalue weighted by Crippen LogP contribution is -2.69. The van der Waals surface area contributed by atoms with Crippen LogP contribution in [0.1, 0.15) is 5.56 Å². The minimum atomic E-state index is -5.21. The minimum Gasteiger partial charge on any atom is -0.466 e. The number of ether oxygens (including phenoxy) is 1. The van der Waals surface area contributed by atoms with Gasteiger partial charge in [-0.05, 0) is 33.6 Å². The van der Waals surface area contributed by atoms with E-state index in [1.165, 1.54) is 18.3 Å². The summed E-state index contributed by atoms with van der Waals surface area (Å²) in [5, 5.41) is 3.70. The summed E-state index contributed by atoms with van der Waals surface area (Å²) < 4.78 is 46.4. The third-order valence-corrected chi connectivity index (χ3v) is 3.96. The first-order chi connectivity index (χ1) is 12.7. The SMILES string of the molecule is COC(=O)[C@](NC(=O)Cc1ccccc1)(Nc1ccc(Br)cn1)C(F)(F)F. The highest BCUT2D eigenvalue weighted by Gasteiger charge is 2.63. The fraction of sp³-hybridized carbons (Fsp3) is 0.235. The van der Waals surface area contributed by atoms with Crippen molar-refractivity contribution >= 4 is 33.6 Å². The van der Waals surface area contributed by atoms with Gasteiger partial charge in [-0.25, -0.2) is 9.78 Å². The van der Waals surface area contributed by atoms with Gasteiger partial charge in [0.25, 0.3) is 0 Å². The van der Waals surface area contributed by atoms with Gasteiger partial charge in [-0.3, -0.25) is 4.79 Å². The molecule has 1 aromatic heterocycles. The molecule has 0 fully saturated rings. The molecule has 0 radical (unpaired) electrons. The lowest BCUT2D eigenvalue weighted by Gasteiger charge is -2.34. The molecule has 0 aliphatic heterocycles. The summed E-state index contributed by atoms with van der Waals surface area (Å²) in [5.74, 6) is -3.02. The quantitative estimate of drug-likeness (QED) is 0.527. The second-order valence-corrected chi connectivity index (χ2v) is 6.35. The van der Waals surface area contributed by atoms with Crippen LogP contribution in [0.4, 0.5) is 19.0 Å². The maximum absolute atomic E-state index is 13.9. The van der Waals surface area contributed by atoms with Gasteiger partial charge in [0.2, 0.25) is 5.91 Å². The third kappa shape index (κ3) is 4.97. The van der Waals surface area contributed by atoms with Crippen molar-refractivity contribution in [2.75, 3.05) is 12.4 Å². The number of alkyl halides is 3. The van der Waals surface area contributed by atoms with Crippen LogP contribution in [0.5, 0.6) is 0 Å². The summed E-state index contributed by atoms with van der Waals surface area (Å²) >= 11 is 3.11. The van der Waals surface area contributed by atoms with Crippen LogP contribution in [0.25, 0.3) is 0 Å². The molecule has 1 amide bonds. The summed E-state index contributed by atoms with van der Waals surface area (Å²) in [5.41, 5.74) is -3.01. The molecule has 0 spiro atoms. The number of esters is 1. The molecule has 0 saturated carbocycles. The molecule has 1 aromatic carbocycles. The summed E-state index contributed by atoms with van der Waals surface area (Å²) in [6.07, 6.45) is -4.32. The number of aromatic nitrogens is 1. The molecule has 0 bridgehead atoms. The molecule has 1 heterocycles. The number of amides is 1. The van der Waals surface area contributed by atoms with Crippen molar-refractivity contribution < 1.29 is 27.5 Å². The molecule has 6 nitrogen and oxygen atoms in total. The van der Waals surface area contributed by atoms with E-state index < -0.39 is 23.7 Å². The van der Waals surface area contributed by atoms with Crippen molar-refractivity contribution in [3.8, 4) is 0 Å². The minimum absolute atomic E-state index is 0.277. The van der Waals surface area contributed by atoms with Gasteiger partial charge in [-0.2, -0.15) is 13.2 Å². The first-order valence-electron chi connectivity index (χ1n) is 7.58. The van der Waals surface area contributed by atoms with E-state index >= 15 is 0 Å². The molecule has 0 unspecified atom stereocenters. The van der Waals surface area contributed by atoms with Crippen LogP contribution < -0.4 is 10.6 Å². The monoisotopic (exact) mass is 445 g/mol. The summed E-state index contributed by atoms with van der Waals surface area (Å²) in [6, 6.07) is 10.8. The highest BCUT2D eigenvalue weighted by atomic mass is 79.9. The van der Waals surface area contributed by atoms with E-state index in [9.17, 15) is 22.8 Å². The third-order valence-electron chi connectivity index (χ3n) is 3.49. The summed E-state index contributed by atoms with van der Waals surface area (Å²) in [6.45, 7) is 0. The zero-order valence-electron chi connectivity index (χ0n) is 14.0. The lowest BCUT2D eigenvalue weighted by molar-refractivity contribution is -0.206. The molecule has 0 aliphatic rings. The largest absolute Gasteiger partial charge is 0.466 e. The van der Waals surface area contributed by atoms with Gasteiger partial charge in [-0.1, -0.05) is 30.3 Å². The second-order valence-electron chi connectivity index (χ2n) is 5.44. The zero-order valence-corrected chi connectivity index (χ0v) is 15.6. The molecule has 144 valence electrons. The number of halogens is 4. The Hall–Kier alpha value is -2.62. The van der Waals surface area contributed by atoms with Crippen molar-refractivity contribution in [1.82, 2.24) is 10.3 Å². The van der Waals surface area contributed by atoms with E-state index in [1.54, 1.807) is 35.6 Å². The van der Waals surface area contributed by atoms with Crippen LogP contribution in [0.2, 0.25) is 0 Å². The topological polar surface area (TPSA) is 80.3 Å². The molecule has 27 heavy (non-hydrogen) atoms. The first kappa shape index (κ1) is 20.7. The highest BCUT2D eigenvalue weighted by Crippen LogP contribution is 2.33. The molecular weight excluding hydrogens is 431 g/mol. The Labute approximate surface area is 161 Å². The molecule has 2 aromatic rings. The highest BCUT2D eigenvalue weighted by molar-refractivity contribution is 9.10. The number of carbonyl (C=O) groups is 2. The van der Waals surface area contributed by atoms with Crippen LogP contribution in [0.15, 0.2) is 53.1 Å². The lowest BCUT2D eigenvalue weighted by atomic mass is 10.1.